The van der Waals surface area contributed by atoms with Gasteiger partial charge in [0.15, 0.2) is 12.1 Å². The highest BCUT2D eigenvalue weighted by molar-refractivity contribution is 4.79. The van der Waals surface area contributed by atoms with Gasteiger partial charge in [0.05, 0.1) is 12.1 Å². The van der Waals surface area contributed by atoms with Crippen LogP contribution in [-0.4, -0.2) is 29.3 Å². The van der Waals surface area contributed by atoms with Crippen molar-refractivity contribution < 1.29 is 14.6 Å². The molecule has 1 heterocycles. The van der Waals surface area contributed by atoms with Crippen LogP contribution in [0.2, 0.25) is 0 Å². The van der Waals surface area contributed by atoms with Gasteiger partial charge in [-0.05, 0) is 32.6 Å². The van der Waals surface area contributed by atoms with E-state index in [0.29, 0.717) is 12.8 Å². The maximum absolute atomic E-state index is 10.3. The van der Waals surface area contributed by atoms with Gasteiger partial charge in [-0.3, -0.25) is 0 Å². The first-order valence-electron chi connectivity index (χ1n) is 6.40. The molecule has 1 saturated carbocycles. The highest BCUT2D eigenvalue weighted by atomic mass is 16.7. The number of hydrogen-bond acceptors (Lipinski definition) is 4. The third-order valence-electron chi connectivity index (χ3n) is 3.59. The van der Waals surface area contributed by atoms with Crippen LogP contribution in [-0.2, 0) is 9.47 Å². The van der Waals surface area contributed by atoms with Crippen molar-refractivity contribution in [1.29, 1.82) is 0 Å². The molecule has 1 aliphatic carbocycles. The summed E-state index contributed by atoms with van der Waals surface area (Å²) in [6, 6.07) is -0.109. The number of aliphatic hydroxyl groups is 1. The van der Waals surface area contributed by atoms with Gasteiger partial charge in [0.2, 0.25) is 0 Å². The van der Waals surface area contributed by atoms with E-state index in [-0.39, 0.29) is 12.1 Å². The molecule has 0 spiro atoms. The fourth-order valence-electron chi connectivity index (χ4n) is 2.51. The van der Waals surface area contributed by atoms with Crippen LogP contribution in [0.25, 0.3) is 0 Å². The number of nitrogens with two attached hydrogens (primary N) is 1. The second kappa shape index (κ2) is 5.00. The predicted molar refractivity (Wildman–Crippen MR) is 60.7 cm³/mol. The van der Waals surface area contributed by atoms with Gasteiger partial charge in [-0.15, -0.1) is 0 Å². The van der Waals surface area contributed by atoms with E-state index in [9.17, 15) is 5.11 Å². The predicted octanol–water partition coefficient (Wildman–Crippen LogP) is 1.51. The van der Waals surface area contributed by atoms with Gasteiger partial charge in [-0.25, -0.2) is 0 Å². The fraction of sp³-hybridized carbons (Fsp3) is 1.00. The molecule has 1 saturated heterocycles. The van der Waals surface area contributed by atoms with Gasteiger partial charge in [-0.2, -0.15) is 0 Å². The van der Waals surface area contributed by atoms with Crippen molar-refractivity contribution in [3.63, 3.8) is 0 Å². The van der Waals surface area contributed by atoms with E-state index in [4.69, 9.17) is 15.2 Å². The van der Waals surface area contributed by atoms with Gasteiger partial charge < -0.3 is 20.3 Å². The number of hydrogen-bond donors (Lipinski definition) is 2. The molecule has 0 aromatic rings. The summed E-state index contributed by atoms with van der Waals surface area (Å²) in [5.74, 6) is -1.00. The number of rotatable bonds is 2. The van der Waals surface area contributed by atoms with E-state index in [1.54, 1.807) is 0 Å². The van der Waals surface area contributed by atoms with E-state index in [0.717, 1.165) is 25.7 Å². The third kappa shape index (κ3) is 2.94. The molecule has 0 amide bonds. The highest BCUT2D eigenvalue weighted by Gasteiger charge is 2.37. The molecule has 16 heavy (non-hydrogen) atoms. The zero-order valence-electron chi connectivity index (χ0n) is 10.0. The Kier molecular flexibility index (Phi) is 3.85. The molecule has 4 nitrogen and oxygen atoms in total. The van der Waals surface area contributed by atoms with Crippen molar-refractivity contribution in [3.05, 3.63) is 0 Å². The molecular formula is C12H23NO3. The lowest BCUT2D eigenvalue weighted by Crippen LogP contribution is -2.50. The minimum absolute atomic E-state index is 0.109. The first-order valence-corrected chi connectivity index (χ1v) is 6.40. The standard InChI is InChI=1S/C12H23NO3/c1-9-5-6-10(13)11(15-9)16-12(14)7-3-2-4-8-12/h9-11,14H,2-8,13H2,1H3. The molecule has 0 bridgehead atoms. The molecule has 3 atom stereocenters. The molecule has 2 rings (SSSR count). The van der Waals surface area contributed by atoms with E-state index in [1.165, 1.54) is 6.42 Å². The molecule has 1 aliphatic heterocycles. The Morgan fingerprint density at radius 2 is 1.94 bits per heavy atom. The lowest BCUT2D eigenvalue weighted by molar-refractivity contribution is -0.321. The minimum atomic E-state index is -1.00. The van der Waals surface area contributed by atoms with E-state index >= 15 is 0 Å². The Bertz CT molecular complexity index is 228. The van der Waals surface area contributed by atoms with Crippen LogP contribution in [0.5, 0.6) is 0 Å². The van der Waals surface area contributed by atoms with E-state index in [2.05, 4.69) is 0 Å². The first kappa shape index (κ1) is 12.3. The first-order chi connectivity index (χ1) is 7.59. The Balaban J connectivity index is 1.91. The Morgan fingerprint density at radius 1 is 1.25 bits per heavy atom. The third-order valence-corrected chi connectivity index (χ3v) is 3.59. The fourth-order valence-corrected chi connectivity index (χ4v) is 2.51. The summed E-state index contributed by atoms with van der Waals surface area (Å²) in [6.45, 7) is 2.02. The normalized spacial score (nSPS) is 39.6. The summed E-state index contributed by atoms with van der Waals surface area (Å²) < 4.78 is 11.4. The summed E-state index contributed by atoms with van der Waals surface area (Å²) >= 11 is 0. The zero-order chi connectivity index (χ0) is 11.6. The van der Waals surface area contributed by atoms with E-state index in [1.807, 2.05) is 6.92 Å². The van der Waals surface area contributed by atoms with Crippen molar-refractivity contribution in [3.8, 4) is 0 Å². The molecule has 0 aromatic carbocycles. The topological polar surface area (TPSA) is 64.7 Å². The monoisotopic (exact) mass is 229 g/mol. The minimum Gasteiger partial charge on any atom is -0.365 e. The summed E-state index contributed by atoms with van der Waals surface area (Å²) in [7, 11) is 0. The molecule has 2 fully saturated rings. The Labute approximate surface area is 97.1 Å². The van der Waals surface area contributed by atoms with Crippen molar-refractivity contribution in [2.75, 3.05) is 0 Å². The maximum Gasteiger partial charge on any atom is 0.176 e. The zero-order valence-corrected chi connectivity index (χ0v) is 10.0. The van der Waals surface area contributed by atoms with Crippen LogP contribution in [0.15, 0.2) is 0 Å². The molecule has 2 aliphatic rings. The van der Waals surface area contributed by atoms with Crippen LogP contribution in [0.4, 0.5) is 0 Å². The molecular weight excluding hydrogens is 206 g/mol. The van der Waals surface area contributed by atoms with Crippen molar-refractivity contribution in [2.24, 2.45) is 5.73 Å². The van der Waals surface area contributed by atoms with Crippen molar-refractivity contribution >= 4 is 0 Å². The van der Waals surface area contributed by atoms with Crippen LogP contribution < -0.4 is 5.73 Å². The van der Waals surface area contributed by atoms with Gasteiger partial charge in [0, 0.05) is 12.8 Å². The summed E-state index contributed by atoms with van der Waals surface area (Å²) in [6.07, 6.45) is 6.24. The molecule has 0 radical (unpaired) electrons. The largest absolute Gasteiger partial charge is 0.365 e. The van der Waals surface area contributed by atoms with Gasteiger partial charge in [-0.1, -0.05) is 6.42 Å². The van der Waals surface area contributed by atoms with Gasteiger partial charge in [0.25, 0.3) is 0 Å². The Morgan fingerprint density at radius 3 is 2.62 bits per heavy atom. The van der Waals surface area contributed by atoms with Crippen LogP contribution >= 0.6 is 0 Å². The summed E-state index contributed by atoms with van der Waals surface area (Å²) in [4.78, 5) is 0. The molecule has 4 heteroatoms. The average molecular weight is 229 g/mol. The maximum atomic E-state index is 10.3. The SMILES string of the molecule is CC1CCC(N)C(OC2(O)CCCCC2)O1. The molecule has 3 unspecified atom stereocenters. The summed E-state index contributed by atoms with van der Waals surface area (Å²) in [5.41, 5.74) is 5.96. The molecule has 3 N–H and O–H groups in total. The second-order valence-electron chi connectivity index (χ2n) is 5.18. The van der Waals surface area contributed by atoms with Gasteiger partial charge in [0.1, 0.15) is 0 Å². The lowest BCUT2D eigenvalue weighted by atomic mass is 9.94. The van der Waals surface area contributed by atoms with E-state index < -0.39 is 12.1 Å². The average Bonchev–Trinajstić information content (AvgIpc) is 2.24. The van der Waals surface area contributed by atoms with Crippen molar-refractivity contribution in [1.82, 2.24) is 0 Å². The van der Waals surface area contributed by atoms with Crippen LogP contribution in [0, 0.1) is 0 Å². The smallest absolute Gasteiger partial charge is 0.176 e. The highest BCUT2D eigenvalue weighted by Crippen LogP contribution is 2.32. The number of ether oxygens (including phenoxy) is 2. The second-order valence-corrected chi connectivity index (χ2v) is 5.18. The van der Waals surface area contributed by atoms with Crippen molar-refractivity contribution in [2.45, 2.75) is 76.1 Å². The Hall–Kier alpha value is -0.160. The molecule has 0 aromatic heterocycles. The lowest BCUT2D eigenvalue weighted by Gasteiger charge is -2.40. The summed E-state index contributed by atoms with van der Waals surface area (Å²) in [5, 5.41) is 10.3. The molecule has 94 valence electrons. The van der Waals surface area contributed by atoms with Crippen LogP contribution in [0.1, 0.15) is 51.9 Å². The quantitative estimate of drug-likeness (QED) is 0.704. The van der Waals surface area contributed by atoms with Crippen LogP contribution in [0.3, 0.4) is 0 Å². The van der Waals surface area contributed by atoms with Gasteiger partial charge >= 0.3 is 0 Å².